The second-order valence-electron chi connectivity index (χ2n) is 6.30. The number of nitrogens with two attached hydrogens (primary N) is 1. The van der Waals surface area contributed by atoms with Gasteiger partial charge < -0.3 is 5.73 Å². The lowest BCUT2D eigenvalue weighted by atomic mass is 10.1. The van der Waals surface area contributed by atoms with E-state index in [1.807, 2.05) is 43.4 Å². The molecule has 0 saturated heterocycles. The summed E-state index contributed by atoms with van der Waals surface area (Å²) in [5.41, 5.74) is 10.00. The van der Waals surface area contributed by atoms with E-state index in [4.69, 9.17) is 10.7 Å². The number of aromatic nitrogens is 6. The average molecular weight is 357 g/mol. The van der Waals surface area contributed by atoms with Crippen LogP contribution < -0.4 is 11.3 Å². The van der Waals surface area contributed by atoms with E-state index < -0.39 is 0 Å². The van der Waals surface area contributed by atoms with Gasteiger partial charge in [-0.25, -0.2) is 4.98 Å². The van der Waals surface area contributed by atoms with Crippen LogP contribution in [-0.4, -0.2) is 29.4 Å². The molecular weight excluding hydrogens is 342 g/mol. The molecule has 0 unspecified atom stereocenters. The van der Waals surface area contributed by atoms with E-state index in [2.05, 4.69) is 15.2 Å². The predicted octanol–water partition coefficient (Wildman–Crippen LogP) is 2.22. The van der Waals surface area contributed by atoms with E-state index in [1.54, 1.807) is 17.1 Å². The molecule has 0 fully saturated rings. The largest absolute Gasteiger partial charge is 0.383 e. The first-order valence-corrected chi connectivity index (χ1v) is 8.36. The van der Waals surface area contributed by atoms with Crippen LogP contribution in [0.5, 0.6) is 0 Å². The molecule has 0 bridgehead atoms. The lowest BCUT2D eigenvalue weighted by Crippen LogP contribution is -2.14. The summed E-state index contributed by atoms with van der Waals surface area (Å²) in [5.74, 6) is 0.346. The monoisotopic (exact) mass is 357 g/mol. The van der Waals surface area contributed by atoms with E-state index in [0.717, 1.165) is 16.5 Å². The van der Waals surface area contributed by atoms with Gasteiger partial charge in [-0.05, 0) is 24.3 Å². The van der Waals surface area contributed by atoms with Crippen LogP contribution in [0, 0.1) is 0 Å². The van der Waals surface area contributed by atoms with Crippen LogP contribution in [0.25, 0.3) is 39.1 Å². The molecule has 0 aliphatic carbocycles. The van der Waals surface area contributed by atoms with Crippen molar-refractivity contribution in [2.24, 2.45) is 7.05 Å². The highest BCUT2D eigenvalue weighted by Gasteiger charge is 2.17. The Morgan fingerprint density at radius 3 is 2.81 bits per heavy atom. The molecule has 4 aromatic heterocycles. The number of nitrogen functional groups attached to an aromatic ring is 1. The Labute approximate surface area is 152 Å². The maximum absolute atomic E-state index is 12.6. The van der Waals surface area contributed by atoms with Crippen LogP contribution in [0.15, 0.2) is 59.7 Å². The van der Waals surface area contributed by atoms with Gasteiger partial charge in [0.05, 0.1) is 28.7 Å². The maximum atomic E-state index is 12.6. The number of fused-ring (bicyclic) bond motifs is 2. The van der Waals surface area contributed by atoms with Gasteiger partial charge >= 0.3 is 0 Å². The summed E-state index contributed by atoms with van der Waals surface area (Å²) in [7, 11) is 1.89. The van der Waals surface area contributed by atoms with Gasteiger partial charge in [0.15, 0.2) is 5.65 Å². The van der Waals surface area contributed by atoms with Crippen molar-refractivity contribution in [1.29, 1.82) is 0 Å². The molecule has 5 rings (SSSR count). The number of aryl methyl sites for hydroxylation is 1. The standard InChI is InChI=1S/C19H15N7O/c1-25-15-6-5-11(8-12(15)10-22-25)14-9-16(27)26-19(23-14)17(18(20)24-26)13-4-2-3-7-21-13/h2-10,24H,20H2,1H3. The summed E-state index contributed by atoms with van der Waals surface area (Å²) in [4.78, 5) is 21.7. The number of aromatic amines is 1. The number of anilines is 1. The first kappa shape index (κ1) is 15.3. The third kappa shape index (κ3) is 2.30. The molecule has 27 heavy (non-hydrogen) atoms. The van der Waals surface area contributed by atoms with Crippen LogP contribution >= 0.6 is 0 Å². The Bertz CT molecular complexity index is 1360. The Balaban J connectivity index is 1.77. The number of rotatable bonds is 2. The minimum atomic E-state index is -0.241. The van der Waals surface area contributed by atoms with Crippen LogP contribution in [0.2, 0.25) is 0 Å². The van der Waals surface area contributed by atoms with Crippen molar-refractivity contribution in [2.75, 3.05) is 5.73 Å². The number of nitrogens with one attached hydrogen (secondary N) is 1. The predicted molar refractivity (Wildman–Crippen MR) is 103 cm³/mol. The minimum Gasteiger partial charge on any atom is -0.383 e. The van der Waals surface area contributed by atoms with Gasteiger partial charge in [0.25, 0.3) is 5.56 Å². The Morgan fingerprint density at radius 1 is 1.11 bits per heavy atom. The number of hydrogen-bond acceptors (Lipinski definition) is 5. The van der Waals surface area contributed by atoms with Crippen molar-refractivity contribution in [2.45, 2.75) is 0 Å². The second-order valence-corrected chi connectivity index (χ2v) is 6.30. The first-order chi connectivity index (χ1) is 13.1. The van der Waals surface area contributed by atoms with E-state index in [1.165, 1.54) is 10.6 Å². The molecule has 0 saturated carbocycles. The molecule has 8 heteroatoms. The fraction of sp³-hybridized carbons (Fsp3) is 0.0526. The molecule has 0 radical (unpaired) electrons. The third-order valence-corrected chi connectivity index (χ3v) is 4.61. The molecule has 0 spiro atoms. The summed E-state index contributed by atoms with van der Waals surface area (Å²) in [5, 5.41) is 8.11. The minimum absolute atomic E-state index is 0.241. The fourth-order valence-corrected chi connectivity index (χ4v) is 3.29. The van der Waals surface area contributed by atoms with Crippen LogP contribution in [0.3, 0.4) is 0 Å². The molecule has 3 N–H and O–H groups in total. The second kappa shape index (κ2) is 5.53. The molecule has 5 aromatic rings. The molecule has 0 aliphatic heterocycles. The average Bonchev–Trinajstić information content (AvgIpc) is 3.22. The highest BCUT2D eigenvalue weighted by molar-refractivity contribution is 5.87. The summed E-state index contributed by atoms with van der Waals surface area (Å²) in [6.07, 6.45) is 3.47. The zero-order valence-corrected chi connectivity index (χ0v) is 14.4. The number of benzene rings is 1. The molecule has 1 aromatic carbocycles. The number of H-pyrrole nitrogens is 1. The van der Waals surface area contributed by atoms with Crippen molar-refractivity contribution in [3.05, 3.63) is 65.2 Å². The number of hydrogen-bond donors (Lipinski definition) is 2. The van der Waals surface area contributed by atoms with Gasteiger partial charge in [0.2, 0.25) is 0 Å². The fourth-order valence-electron chi connectivity index (χ4n) is 3.29. The summed E-state index contributed by atoms with van der Waals surface area (Å²) < 4.78 is 3.14. The van der Waals surface area contributed by atoms with Gasteiger partial charge in [-0.1, -0.05) is 12.1 Å². The van der Waals surface area contributed by atoms with Crippen LogP contribution in [0.1, 0.15) is 0 Å². The van der Waals surface area contributed by atoms with Crippen molar-refractivity contribution < 1.29 is 0 Å². The van der Waals surface area contributed by atoms with Crippen LogP contribution in [0.4, 0.5) is 5.82 Å². The topological polar surface area (TPSA) is 107 Å². The number of nitrogens with zero attached hydrogens (tertiary/aromatic N) is 5. The van der Waals surface area contributed by atoms with Crippen molar-refractivity contribution in [3.63, 3.8) is 0 Å². The van der Waals surface area contributed by atoms with Crippen LogP contribution in [-0.2, 0) is 7.05 Å². The first-order valence-electron chi connectivity index (χ1n) is 8.36. The summed E-state index contributed by atoms with van der Waals surface area (Å²) in [6, 6.07) is 12.9. The SMILES string of the molecule is Cn1ncc2cc(-c3cc(=O)n4[nH]c(N)c(-c5ccccn5)c4n3)ccc21. The van der Waals surface area contributed by atoms with Crippen molar-refractivity contribution >= 4 is 22.4 Å². The molecule has 0 atom stereocenters. The summed E-state index contributed by atoms with van der Waals surface area (Å²) in [6.45, 7) is 0. The summed E-state index contributed by atoms with van der Waals surface area (Å²) >= 11 is 0. The quantitative estimate of drug-likeness (QED) is 0.504. The lowest BCUT2D eigenvalue weighted by molar-refractivity contribution is 0.797. The normalized spacial score (nSPS) is 11.4. The zero-order valence-electron chi connectivity index (χ0n) is 14.4. The van der Waals surface area contributed by atoms with E-state index in [9.17, 15) is 4.79 Å². The highest BCUT2D eigenvalue weighted by Crippen LogP contribution is 2.29. The van der Waals surface area contributed by atoms with E-state index >= 15 is 0 Å². The molecular formula is C19H15N7O. The molecule has 132 valence electrons. The Hall–Kier alpha value is -3.94. The molecule has 0 aliphatic rings. The highest BCUT2D eigenvalue weighted by atomic mass is 16.1. The molecule has 0 amide bonds. The Morgan fingerprint density at radius 2 is 2.00 bits per heavy atom. The van der Waals surface area contributed by atoms with E-state index in [-0.39, 0.29) is 5.56 Å². The van der Waals surface area contributed by atoms with Gasteiger partial charge in [-0.2, -0.15) is 9.61 Å². The third-order valence-electron chi connectivity index (χ3n) is 4.61. The smallest absolute Gasteiger partial charge is 0.273 e. The zero-order chi connectivity index (χ0) is 18.5. The van der Waals surface area contributed by atoms with Gasteiger partial charge in [-0.15, -0.1) is 0 Å². The maximum Gasteiger partial charge on any atom is 0.273 e. The molecule has 8 nitrogen and oxygen atoms in total. The van der Waals surface area contributed by atoms with Crippen molar-refractivity contribution in [3.8, 4) is 22.5 Å². The van der Waals surface area contributed by atoms with Gasteiger partial charge in [-0.3, -0.25) is 19.6 Å². The van der Waals surface area contributed by atoms with Gasteiger partial charge in [0.1, 0.15) is 5.82 Å². The van der Waals surface area contributed by atoms with Gasteiger partial charge in [0, 0.05) is 30.3 Å². The molecule has 4 heterocycles. The van der Waals surface area contributed by atoms with Crippen molar-refractivity contribution in [1.82, 2.24) is 29.4 Å². The lowest BCUT2D eigenvalue weighted by Gasteiger charge is -2.04. The Kier molecular flexibility index (Phi) is 3.14. The number of pyridine rings is 1. The van der Waals surface area contributed by atoms with E-state index in [0.29, 0.717) is 28.4 Å².